The van der Waals surface area contributed by atoms with E-state index < -0.39 is 0 Å². The summed E-state index contributed by atoms with van der Waals surface area (Å²) in [6.07, 6.45) is 7.86. The van der Waals surface area contributed by atoms with E-state index in [1.54, 1.807) is 0 Å². The molecular weight excluding hydrogens is 260 g/mol. The van der Waals surface area contributed by atoms with E-state index in [2.05, 4.69) is 18.7 Å². The lowest BCUT2D eigenvalue weighted by Gasteiger charge is -2.29. The molecule has 0 heterocycles. The van der Waals surface area contributed by atoms with Crippen molar-refractivity contribution in [3.63, 3.8) is 0 Å². The quantitative estimate of drug-likeness (QED) is 0.518. The Morgan fingerprint density at radius 2 is 2.10 bits per heavy atom. The van der Waals surface area contributed by atoms with Gasteiger partial charge in [0.15, 0.2) is 0 Å². The molecule has 1 aliphatic carbocycles. The SMILES string of the molecule is C=CC[C@@H]1CCCC(=O)C1CCCOCc1ccccc1. The van der Waals surface area contributed by atoms with Crippen molar-refractivity contribution in [3.05, 3.63) is 48.6 Å². The molecule has 1 aromatic rings. The highest BCUT2D eigenvalue weighted by molar-refractivity contribution is 5.82. The molecule has 0 spiro atoms. The molecule has 0 saturated heterocycles. The summed E-state index contributed by atoms with van der Waals surface area (Å²) in [5.74, 6) is 1.20. The number of hydrogen-bond donors (Lipinski definition) is 0. The Kier molecular flexibility index (Phi) is 6.68. The molecule has 0 N–H and O–H groups in total. The van der Waals surface area contributed by atoms with Gasteiger partial charge in [-0.2, -0.15) is 0 Å². The van der Waals surface area contributed by atoms with Crippen LogP contribution in [0.3, 0.4) is 0 Å². The van der Waals surface area contributed by atoms with Crippen molar-refractivity contribution in [2.75, 3.05) is 6.61 Å². The van der Waals surface area contributed by atoms with E-state index in [1.165, 1.54) is 12.0 Å². The van der Waals surface area contributed by atoms with Crippen LogP contribution in [-0.4, -0.2) is 12.4 Å². The summed E-state index contributed by atoms with van der Waals surface area (Å²) in [5, 5.41) is 0. The molecule has 1 aromatic carbocycles. The predicted octanol–water partition coefficient (Wildman–Crippen LogP) is 4.54. The third-order valence-corrected chi connectivity index (χ3v) is 4.37. The number of allylic oxidation sites excluding steroid dienone is 1. The summed E-state index contributed by atoms with van der Waals surface area (Å²) in [7, 11) is 0. The number of ether oxygens (including phenoxy) is 1. The summed E-state index contributed by atoms with van der Waals surface area (Å²) in [6.45, 7) is 5.22. The summed E-state index contributed by atoms with van der Waals surface area (Å²) in [6, 6.07) is 10.2. The van der Waals surface area contributed by atoms with Crippen molar-refractivity contribution in [2.24, 2.45) is 11.8 Å². The molecule has 2 atom stereocenters. The van der Waals surface area contributed by atoms with Crippen LogP contribution in [0.4, 0.5) is 0 Å². The molecule has 2 rings (SSSR count). The van der Waals surface area contributed by atoms with Gasteiger partial charge in [0.2, 0.25) is 0 Å². The molecule has 0 bridgehead atoms. The van der Waals surface area contributed by atoms with E-state index in [0.29, 0.717) is 18.3 Å². The zero-order valence-electron chi connectivity index (χ0n) is 12.8. The maximum absolute atomic E-state index is 12.1. The average Bonchev–Trinajstić information content (AvgIpc) is 2.51. The third kappa shape index (κ3) is 5.13. The minimum Gasteiger partial charge on any atom is -0.377 e. The monoisotopic (exact) mass is 286 g/mol. The highest BCUT2D eigenvalue weighted by atomic mass is 16.5. The van der Waals surface area contributed by atoms with Crippen LogP contribution < -0.4 is 0 Å². The van der Waals surface area contributed by atoms with Crippen LogP contribution in [0.5, 0.6) is 0 Å². The van der Waals surface area contributed by atoms with E-state index in [4.69, 9.17) is 4.74 Å². The Morgan fingerprint density at radius 3 is 2.86 bits per heavy atom. The number of rotatable bonds is 8. The molecule has 1 fully saturated rings. The van der Waals surface area contributed by atoms with Crippen LogP contribution >= 0.6 is 0 Å². The molecular formula is C19H26O2. The summed E-state index contributed by atoms with van der Waals surface area (Å²) < 4.78 is 5.71. The smallest absolute Gasteiger partial charge is 0.136 e. The van der Waals surface area contributed by atoms with Crippen LogP contribution in [0.1, 0.15) is 44.1 Å². The zero-order chi connectivity index (χ0) is 14.9. The molecule has 0 aromatic heterocycles. The second kappa shape index (κ2) is 8.78. The van der Waals surface area contributed by atoms with Gasteiger partial charge in [-0.3, -0.25) is 4.79 Å². The number of ketones is 1. The van der Waals surface area contributed by atoms with Gasteiger partial charge in [-0.05, 0) is 43.6 Å². The van der Waals surface area contributed by atoms with Crippen molar-refractivity contribution in [1.82, 2.24) is 0 Å². The number of benzene rings is 1. The van der Waals surface area contributed by atoms with E-state index in [1.807, 2.05) is 24.3 Å². The average molecular weight is 286 g/mol. The Labute approximate surface area is 128 Å². The zero-order valence-corrected chi connectivity index (χ0v) is 12.8. The maximum atomic E-state index is 12.1. The number of carbonyl (C=O) groups excluding carboxylic acids is 1. The molecule has 2 nitrogen and oxygen atoms in total. The van der Waals surface area contributed by atoms with Gasteiger partial charge in [-0.25, -0.2) is 0 Å². The standard InChI is InChI=1S/C19H26O2/c1-2-8-17-11-6-13-19(20)18(17)12-7-14-21-15-16-9-4-3-5-10-16/h2-5,9-10,17-18H,1,6-8,11-15H2/t17-,18?/m1/s1. The fraction of sp³-hybridized carbons (Fsp3) is 0.526. The largest absolute Gasteiger partial charge is 0.377 e. The maximum Gasteiger partial charge on any atom is 0.136 e. The molecule has 21 heavy (non-hydrogen) atoms. The van der Waals surface area contributed by atoms with Crippen molar-refractivity contribution in [2.45, 2.75) is 45.1 Å². The van der Waals surface area contributed by atoms with Gasteiger partial charge in [0.25, 0.3) is 0 Å². The Hall–Kier alpha value is -1.41. The summed E-state index contributed by atoms with van der Waals surface area (Å²) in [5.41, 5.74) is 1.20. The fourth-order valence-electron chi connectivity index (χ4n) is 3.25. The van der Waals surface area contributed by atoms with Crippen LogP contribution in [0.15, 0.2) is 43.0 Å². The molecule has 0 radical (unpaired) electrons. The van der Waals surface area contributed by atoms with E-state index in [9.17, 15) is 4.79 Å². The molecule has 1 unspecified atom stereocenters. The lowest BCUT2D eigenvalue weighted by atomic mass is 9.74. The van der Waals surface area contributed by atoms with Gasteiger partial charge in [0.1, 0.15) is 5.78 Å². The van der Waals surface area contributed by atoms with Crippen LogP contribution in [0.2, 0.25) is 0 Å². The van der Waals surface area contributed by atoms with Gasteiger partial charge >= 0.3 is 0 Å². The first kappa shape index (κ1) is 16.0. The Balaban J connectivity index is 1.68. The first-order valence-corrected chi connectivity index (χ1v) is 8.06. The minimum atomic E-state index is 0.233. The van der Waals surface area contributed by atoms with Crippen LogP contribution in [0, 0.1) is 11.8 Å². The first-order chi connectivity index (χ1) is 10.3. The van der Waals surface area contributed by atoms with Gasteiger partial charge < -0.3 is 4.74 Å². The summed E-state index contributed by atoms with van der Waals surface area (Å²) >= 11 is 0. The van der Waals surface area contributed by atoms with Gasteiger partial charge in [-0.15, -0.1) is 6.58 Å². The van der Waals surface area contributed by atoms with Crippen molar-refractivity contribution < 1.29 is 9.53 Å². The molecule has 0 amide bonds. The molecule has 114 valence electrons. The highest BCUT2D eigenvalue weighted by Gasteiger charge is 2.30. The number of carbonyl (C=O) groups is 1. The van der Waals surface area contributed by atoms with E-state index >= 15 is 0 Å². The van der Waals surface area contributed by atoms with Gasteiger partial charge in [0.05, 0.1) is 6.61 Å². The topological polar surface area (TPSA) is 26.3 Å². The highest BCUT2D eigenvalue weighted by Crippen LogP contribution is 2.33. The lowest BCUT2D eigenvalue weighted by molar-refractivity contribution is -0.127. The van der Waals surface area contributed by atoms with Crippen LogP contribution in [0.25, 0.3) is 0 Å². The number of hydrogen-bond acceptors (Lipinski definition) is 2. The Bertz CT molecular complexity index is 438. The second-order valence-corrected chi connectivity index (χ2v) is 5.93. The number of Topliss-reactive ketones (excluding diaryl/α,β-unsaturated/α-hetero) is 1. The lowest BCUT2D eigenvalue weighted by Crippen LogP contribution is -2.28. The minimum absolute atomic E-state index is 0.233. The molecule has 0 aliphatic heterocycles. The van der Waals surface area contributed by atoms with Gasteiger partial charge in [-0.1, -0.05) is 36.4 Å². The van der Waals surface area contributed by atoms with Gasteiger partial charge in [0, 0.05) is 18.9 Å². The Morgan fingerprint density at radius 1 is 1.29 bits per heavy atom. The van der Waals surface area contributed by atoms with E-state index in [0.717, 1.165) is 38.7 Å². The first-order valence-electron chi connectivity index (χ1n) is 8.06. The molecule has 1 aliphatic rings. The second-order valence-electron chi connectivity index (χ2n) is 5.93. The van der Waals surface area contributed by atoms with Crippen LogP contribution in [-0.2, 0) is 16.1 Å². The van der Waals surface area contributed by atoms with E-state index in [-0.39, 0.29) is 5.92 Å². The third-order valence-electron chi connectivity index (χ3n) is 4.37. The van der Waals surface area contributed by atoms with Crippen molar-refractivity contribution >= 4 is 5.78 Å². The molecule has 2 heteroatoms. The normalized spacial score (nSPS) is 22.2. The summed E-state index contributed by atoms with van der Waals surface area (Å²) in [4.78, 5) is 12.1. The molecule has 1 saturated carbocycles. The van der Waals surface area contributed by atoms with Crippen molar-refractivity contribution in [1.29, 1.82) is 0 Å². The fourth-order valence-corrected chi connectivity index (χ4v) is 3.25. The van der Waals surface area contributed by atoms with Crippen molar-refractivity contribution in [3.8, 4) is 0 Å². The predicted molar refractivity (Wildman–Crippen MR) is 86.0 cm³/mol.